The molecule has 1 aliphatic rings. The maximum atomic E-state index is 3.64. The van der Waals surface area contributed by atoms with Gasteiger partial charge in [0, 0.05) is 37.4 Å². The molecule has 0 spiro atoms. The molecule has 1 aliphatic heterocycles. The Balaban J connectivity index is 0.00000171. The Labute approximate surface area is 198 Å². The predicted octanol–water partition coefficient (Wildman–Crippen LogP) is 4.31. The first kappa shape index (κ1) is 18.6. The second-order valence-corrected chi connectivity index (χ2v) is 8.77. The summed E-state index contributed by atoms with van der Waals surface area (Å²) in [6, 6.07) is 27.3. The number of hydrogen-bond acceptors (Lipinski definition) is 3. The Hall–Kier alpha value is -1.45. The minimum absolute atomic E-state index is 0. The van der Waals surface area contributed by atoms with E-state index in [0.29, 0.717) is 0 Å². The summed E-state index contributed by atoms with van der Waals surface area (Å²) < 4.78 is 2.64. The van der Waals surface area contributed by atoms with Crippen LogP contribution in [0.2, 0.25) is 0 Å². The smallest absolute Gasteiger partial charge is 0.198 e. The monoisotopic (exact) mass is 468 g/mol. The number of benzene rings is 3. The maximum Gasteiger partial charge on any atom is 0.198 e. The Morgan fingerprint density at radius 2 is 1.61 bits per heavy atom. The maximum absolute atomic E-state index is 3.64. The molecule has 5 heteroatoms. The van der Waals surface area contributed by atoms with Crippen LogP contribution in [0.25, 0.3) is 20.2 Å². The number of fused-ring (bicyclic) bond motifs is 5. The van der Waals surface area contributed by atoms with Crippen molar-refractivity contribution >= 4 is 76.6 Å². The number of nitrogens with zero attached hydrogens (tertiary/aromatic N) is 1. The van der Waals surface area contributed by atoms with Gasteiger partial charge in [-0.05, 0) is 24.0 Å². The molecular weight excluding hydrogens is 454 g/mol. The van der Waals surface area contributed by atoms with Crippen LogP contribution in [-0.4, -0.2) is 13.8 Å². The third kappa shape index (κ3) is 2.59. The van der Waals surface area contributed by atoms with Crippen molar-refractivity contribution in [1.82, 2.24) is 0 Å². The first-order chi connectivity index (χ1) is 13.3. The van der Waals surface area contributed by atoms with Gasteiger partial charge < -0.3 is 4.90 Å². The molecule has 0 N–H and O–H groups in total. The van der Waals surface area contributed by atoms with Crippen molar-refractivity contribution in [3.05, 3.63) is 78.2 Å². The zero-order chi connectivity index (χ0) is 18.0. The van der Waals surface area contributed by atoms with Crippen molar-refractivity contribution in [2.24, 2.45) is 0 Å². The van der Waals surface area contributed by atoms with Gasteiger partial charge in [-0.25, -0.2) is 0 Å². The van der Waals surface area contributed by atoms with Crippen LogP contribution in [0.1, 0.15) is 0 Å². The van der Waals surface area contributed by atoms with Crippen LogP contribution >= 0.6 is 22.7 Å². The van der Waals surface area contributed by atoms with Crippen molar-refractivity contribution < 1.29 is 32.7 Å². The van der Waals surface area contributed by atoms with Crippen LogP contribution in [0.5, 0.6) is 0 Å². The molecule has 5 aromatic rings. The normalized spacial score (nSPS) is 12.8. The average Bonchev–Trinajstić information content (AvgIpc) is 3.31. The molecule has 28 heavy (non-hydrogen) atoms. The molecule has 0 amide bonds. The van der Waals surface area contributed by atoms with Gasteiger partial charge >= 0.3 is 0 Å². The van der Waals surface area contributed by atoms with Gasteiger partial charge in [-0.15, -0.1) is 39.6 Å². The van der Waals surface area contributed by atoms with Gasteiger partial charge in [0.25, 0.3) is 0 Å². The van der Waals surface area contributed by atoms with Gasteiger partial charge in [0.15, 0.2) is 6.71 Å². The summed E-state index contributed by atoms with van der Waals surface area (Å²) in [4.78, 5) is 2.33. The molecular formula is C23H14BNS2Y-2. The Morgan fingerprint density at radius 3 is 2.46 bits per heavy atom. The SMILES string of the molecule is CN1c2ccc[c-]c2B(c2[c-]sc3ccccc23)c2c1sc1ccccc21.[Y]. The van der Waals surface area contributed by atoms with Crippen LogP contribution in [-0.2, 0) is 32.7 Å². The van der Waals surface area contributed by atoms with E-state index in [9.17, 15) is 0 Å². The van der Waals surface area contributed by atoms with Gasteiger partial charge in [-0.3, -0.25) is 11.3 Å². The van der Waals surface area contributed by atoms with E-state index in [0.717, 1.165) is 0 Å². The molecule has 0 saturated carbocycles. The molecule has 0 bridgehead atoms. The fraction of sp³-hybridized carbons (Fsp3) is 0.0435. The zero-order valence-electron chi connectivity index (χ0n) is 15.3. The van der Waals surface area contributed by atoms with Gasteiger partial charge in [0.05, 0.1) is 5.00 Å². The largest absolute Gasteiger partial charge is 0.391 e. The van der Waals surface area contributed by atoms with Gasteiger partial charge in [-0.1, -0.05) is 36.0 Å². The Bertz CT molecular complexity index is 1320. The van der Waals surface area contributed by atoms with Gasteiger partial charge in [0.2, 0.25) is 0 Å². The van der Waals surface area contributed by atoms with E-state index in [4.69, 9.17) is 0 Å². The van der Waals surface area contributed by atoms with E-state index in [1.54, 1.807) is 11.3 Å². The number of hydrogen-bond donors (Lipinski definition) is 0. The molecule has 0 atom stereocenters. The van der Waals surface area contributed by atoms with E-state index in [1.807, 2.05) is 17.4 Å². The van der Waals surface area contributed by atoms with E-state index in [1.165, 1.54) is 47.2 Å². The van der Waals surface area contributed by atoms with E-state index in [-0.39, 0.29) is 39.4 Å². The number of rotatable bonds is 1. The standard InChI is InChI=1S/C23H14BNS2.Y/c1-25-19-11-5-4-10-17(19)24(18-14-26-20-12-6-2-8-15(18)20)22-16-9-3-7-13-21(16)27-23(22)25;/h2-9,11-13H,1H3;/q-2;. The molecule has 0 aliphatic carbocycles. The quantitative estimate of drug-likeness (QED) is 0.262. The van der Waals surface area contributed by atoms with Crippen LogP contribution in [0.15, 0.2) is 66.7 Å². The second kappa shape index (κ2) is 7.11. The molecule has 3 heterocycles. The molecule has 3 aromatic carbocycles. The summed E-state index contributed by atoms with van der Waals surface area (Å²) in [6.45, 7) is 0.166. The topological polar surface area (TPSA) is 3.24 Å². The van der Waals surface area contributed by atoms with Crippen molar-refractivity contribution in [2.75, 3.05) is 11.9 Å². The first-order valence-corrected chi connectivity index (χ1v) is 10.6. The van der Waals surface area contributed by atoms with Gasteiger partial charge in [0.1, 0.15) is 0 Å². The van der Waals surface area contributed by atoms with Crippen molar-refractivity contribution in [3.63, 3.8) is 0 Å². The molecule has 1 radical (unpaired) electrons. The van der Waals surface area contributed by atoms with Crippen LogP contribution in [0.3, 0.4) is 0 Å². The van der Waals surface area contributed by atoms with Gasteiger partial charge in [-0.2, -0.15) is 34.5 Å². The van der Waals surface area contributed by atoms with E-state index < -0.39 is 0 Å². The zero-order valence-corrected chi connectivity index (χ0v) is 19.7. The molecule has 131 valence electrons. The number of anilines is 2. The summed E-state index contributed by atoms with van der Waals surface area (Å²) in [6.07, 6.45) is 0. The van der Waals surface area contributed by atoms with Crippen LogP contribution in [0, 0.1) is 11.4 Å². The average molecular weight is 468 g/mol. The molecule has 6 rings (SSSR count). The summed E-state index contributed by atoms with van der Waals surface area (Å²) in [5.41, 5.74) is 5.16. The van der Waals surface area contributed by atoms with Crippen LogP contribution in [0.4, 0.5) is 10.7 Å². The van der Waals surface area contributed by atoms with Crippen molar-refractivity contribution in [2.45, 2.75) is 0 Å². The minimum Gasteiger partial charge on any atom is -0.391 e. The van der Waals surface area contributed by atoms with Crippen molar-refractivity contribution in [3.8, 4) is 0 Å². The fourth-order valence-corrected chi connectivity index (χ4v) is 6.34. The molecule has 1 nitrogen and oxygen atoms in total. The predicted molar refractivity (Wildman–Crippen MR) is 120 cm³/mol. The Kier molecular flexibility index (Phi) is 4.71. The first-order valence-electron chi connectivity index (χ1n) is 8.98. The third-order valence-corrected chi connectivity index (χ3v) is 7.62. The third-order valence-electron chi connectivity index (χ3n) is 5.46. The second-order valence-electron chi connectivity index (χ2n) is 6.89. The van der Waals surface area contributed by atoms with E-state index >= 15 is 0 Å². The molecule has 0 fully saturated rings. The van der Waals surface area contributed by atoms with Crippen molar-refractivity contribution in [1.29, 1.82) is 0 Å². The summed E-state index contributed by atoms with van der Waals surface area (Å²) in [7, 11) is 2.17. The number of thiophene rings is 2. The minimum atomic E-state index is 0. The van der Waals surface area contributed by atoms with Crippen LogP contribution < -0.4 is 21.3 Å². The van der Waals surface area contributed by atoms with E-state index in [2.05, 4.69) is 84.1 Å². The summed E-state index contributed by atoms with van der Waals surface area (Å²) in [5.74, 6) is 0. The Morgan fingerprint density at radius 1 is 0.857 bits per heavy atom. The summed E-state index contributed by atoms with van der Waals surface area (Å²) in [5, 5.41) is 7.63. The summed E-state index contributed by atoms with van der Waals surface area (Å²) >= 11 is 3.60. The molecule has 0 saturated heterocycles. The molecule has 2 aromatic heterocycles. The molecule has 0 unspecified atom stereocenters. The fourth-order valence-electron chi connectivity index (χ4n) is 4.25.